The maximum Gasteiger partial charge on any atom is 0.281 e. The third-order valence-electron chi connectivity index (χ3n) is 3.13. The van der Waals surface area contributed by atoms with Crippen LogP contribution in [0, 0.1) is 6.92 Å². The fraction of sp³-hybridized carbons (Fsp3) is 0.0625. The number of rotatable bonds is 3. The molecule has 0 unspecified atom stereocenters. The lowest BCUT2D eigenvalue weighted by atomic mass is 10.2. The summed E-state index contributed by atoms with van der Waals surface area (Å²) in [6, 6.07) is 10.7. The standard InChI is InChI=1S/C16H12ClN3O2S2/c1-9-13(15(22)20-19-14(21)12-3-2-8-23-12)24-16(18-9)10-4-6-11(17)7-5-10/h2-8H,1H3,(H,19,21)(H,20,22). The van der Waals surface area contributed by atoms with E-state index in [1.807, 2.05) is 12.1 Å². The van der Waals surface area contributed by atoms with Crippen molar-refractivity contribution in [1.82, 2.24) is 15.8 Å². The van der Waals surface area contributed by atoms with Crippen LogP contribution in [0.15, 0.2) is 41.8 Å². The number of aryl methyl sites for hydroxylation is 1. The Morgan fingerprint density at radius 2 is 1.79 bits per heavy atom. The molecule has 0 aliphatic carbocycles. The molecule has 2 heterocycles. The highest BCUT2D eigenvalue weighted by molar-refractivity contribution is 7.17. The first-order valence-electron chi connectivity index (χ1n) is 6.92. The molecular formula is C16H12ClN3O2S2. The van der Waals surface area contributed by atoms with E-state index in [1.165, 1.54) is 22.7 Å². The molecule has 2 amide bonds. The molecule has 0 saturated carbocycles. The van der Waals surface area contributed by atoms with Crippen molar-refractivity contribution in [2.45, 2.75) is 6.92 Å². The van der Waals surface area contributed by atoms with Gasteiger partial charge < -0.3 is 0 Å². The maximum atomic E-state index is 12.3. The third-order valence-corrected chi connectivity index (χ3v) is 5.45. The summed E-state index contributed by atoms with van der Waals surface area (Å²) in [6.07, 6.45) is 0. The molecule has 2 aromatic heterocycles. The number of carbonyl (C=O) groups is 2. The molecule has 0 aliphatic rings. The Balaban J connectivity index is 1.71. The number of benzene rings is 1. The van der Waals surface area contributed by atoms with E-state index in [4.69, 9.17) is 11.6 Å². The average Bonchev–Trinajstić information content (AvgIpc) is 3.23. The highest BCUT2D eigenvalue weighted by atomic mass is 35.5. The molecule has 0 fully saturated rings. The van der Waals surface area contributed by atoms with Gasteiger partial charge in [-0.15, -0.1) is 22.7 Å². The molecule has 3 rings (SSSR count). The van der Waals surface area contributed by atoms with Gasteiger partial charge >= 0.3 is 0 Å². The van der Waals surface area contributed by atoms with Crippen molar-refractivity contribution in [1.29, 1.82) is 0 Å². The van der Waals surface area contributed by atoms with E-state index in [0.717, 1.165) is 10.6 Å². The monoisotopic (exact) mass is 377 g/mol. The highest BCUT2D eigenvalue weighted by Gasteiger charge is 2.17. The Hall–Kier alpha value is -2.22. The predicted molar refractivity (Wildman–Crippen MR) is 96.5 cm³/mol. The molecule has 122 valence electrons. The van der Waals surface area contributed by atoms with Gasteiger partial charge in [-0.05, 0) is 30.5 Å². The molecule has 0 aliphatic heterocycles. The van der Waals surface area contributed by atoms with Crippen LogP contribution in [0.1, 0.15) is 25.0 Å². The zero-order valence-corrected chi connectivity index (χ0v) is 14.9. The first-order chi connectivity index (χ1) is 11.5. The van der Waals surface area contributed by atoms with Crippen LogP contribution in [0.2, 0.25) is 5.02 Å². The number of nitrogens with one attached hydrogen (secondary N) is 2. The van der Waals surface area contributed by atoms with Gasteiger partial charge in [-0.3, -0.25) is 20.4 Å². The predicted octanol–water partition coefficient (Wildman–Crippen LogP) is 3.91. The fourth-order valence-electron chi connectivity index (χ4n) is 1.96. The maximum absolute atomic E-state index is 12.3. The lowest BCUT2D eigenvalue weighted by Crippen LogP contribution is -2.41. The Morgan fingerprint density at radius 3 is 2.46 bits per heavy atom. The van der Waals surface area contributed by atoms with Crippen LogP contribution in [-0.4, -0.2) is 16.8 Å². The molecule has 8 heteroatoms. The summed E-state index contributed by atoms with van der Waals surface area (Å²) in [5.74, 6) is -0.742. The number of thiazole rings is 1. The lowest BCUT2D eigenvalue weighted by molar-refractivity contribution is 0.0850. The summed E-state index contributed by atoms with van der Waals surface area (Å²) in [6.45, 7) is 1.76. The second-order valence-electron chi connectivity index (χ2n) is 4.83. The Kier molecular flexibility index (Phi) is 4.94. The number of hydrazine groups is 1. The van der Waals surface area contributed by atoms with E-state index >= 15 is 0 Å². The van der Waals surface area contributed by atoms with E-state index < -0.39 is 5.91 Å². The fourth-order valence-corrected chi connectivity index (χ4v) is 3.67. The number of amides is 2. The zero-order valence-electron chi connectivity index (χ0n) is 12.5. The quantitative estimate of drug-likeness (QED) is 0.680. The van der Waals surface area contributed by atoms with Gasteiger partial charge in [0, 0.05) is 10.6 Å². The number of halogens is 1. The van der Waals surface area contributed by atoms with E-state index in [2.05, 4.69) is 15.8 Å². The summed E-state index contributed by atoms with van der Waals surface area (Å²) in [5.41, 5.74) is 6.31. The lowest BCUT2D eigenvalue weighted by Gasteiger charge is -2.04. The van der Waals surface area contributed by atoms with Crippen LogP contribution in [0.25, 0.3) is 10.6 Å². The number of hydrogen-bond donors (Lipinski definition) is 2. The molecule has 3 aromatic rings. The molecule has 2 N–H and O–H groups in total. The number of aromatic nitrogens is 1. The Morgan fingerprint density at radius 1 is 1.08 bits per heavy atom. The van der Waals surface area contributed by atoms with Crippen LogP contribution >= 0.6 is 34.3 Å². The Labute approximate surface area is 151 Å². The van der Waals surface area contributed by atoms with Gasteiger partial charge in [0.1, 0.15) is 9.88 Å². The summed E-state index contributed by atoms with van der Waals surface area (Å²) >= 11 is 8.44. The van der Waals surface area contributed by atoms with Crippen molar-refractivity contribution in [3.63, 3.8) is 0 Å². The summed E-state index contributed by atoms with van der Waals surface area (Å²) < 4.78 is 0. The smallest absolute Gasteiger partial charge is 0.266 e. The van der Waals surface area contributed by atoms with Gasteiger partial charge in [0.25, 0.3) is 11.8 Å². The first-order valence-corrected chi connectivity index (χ1v) is 8.99. The minimum absolute atomic E-state index is 0.349. The van der Waals surface area contributed by atoms with Crippen molar-refractivity contribution < 1.29 is 9.59 Å². The molecule has 0 radical (unpaired) electrons. The number of hydrogen-bond acceptors (Lipinski definition) is 5. The zero-order chi connectivity index (χ0) is 17.1. The van der Waals surface area contributed by atoms with Crippen LogP contribution in [0.3, 0.4) is 0 Å². The van der Waals surface area contributed by atoms with Gasteiger partial charge in [0.15, 0.2) is 0 Å². The van der Waals surface area contributed by atoms with Crippen molar-refractivity contribution in [2.24, 2.45) is 0 Å². The normalized spacial score (nSPS) is 10.4. The molecule has 1 aromatic carbocycles. The SMILES string of the molecule is Cc1nc(-c2ccc(Cl)cc2)sc1C(=O)NNC(=O)c1cccs1. The van der Waals surface area contributed by atoms with Gasteiger partial charge in [0.2, 0.25) is 0 Å². The second kappa shape index (κ2) is 7.12. The van der Waals surface area contributed by atoms with Gasteiger partial charge in [0.05, 0.1) is 10.6 Å². The van der Waals surface area contributed by atoms with Gasteiger partial charge in [-0.25, -0.2) is 4.98 Å². The van der Waals surface area contributed by atoms with Gasteiger partial charge in [-0.2, -0.15) is 0 Å². The van der Waals surface area contributed by atoms with E-state index in [0.29, 0.717) is 20.5 Å². The van der Waals surface area contributed by atoms with Crippen molar-refractivity contribution in [3.05, 3.63) is 62.2 Å². The minimum Gasteiger partial charge on any atom is -0.266 e. The van der Waals surface area contributed by atoms with E-state index in [-0.39, 0.29) is 5.91 Å². The second-order valence-corrected chi connectivity index (χ2v) is 7.21. The molecule has 24 heavy (non-hydrogen) atoms. The summed E-state index contributed by atoms with van der Waals surface area (Å²) in [7, 11) is 0. The molecule has 0 saturated heterocycles. The van der Waals surface area contributed by atoms with E-state index in [1.54, 1.807) is 36.6 Å². The molecule has 5 nitrogen and oxygen atoms in total. The molecule has 0 bridgehead atoms. The van der Waals surface area contributed by atoms with Crippen LogP contribution < -0.4 is 10.9 Å². The molecule has 0 spiro atoms. The number of thiophene rings is 1. The number of nitrogens with zero attached hydrogens (tertiary/aromatic N) is 1. The summed E-state index contributed by atoms with van der Waals surface area (Å²) in [4.78, 5) is 29.5. The first kappa shape index (κ1) is 16.6. The van der Waals surface area contributed by atoms with Crippen LogP contribution in [-0.2, 0) is 0 Å². The van der Waals surface area contributed by atoms with Crippen molar-refractivity contribution in [2.75, 3.05) is 0 Å². The van der Waals surface area contributed by atoms with Gasteiger partial charge in [-0.1, -0.05) is 29.8 Å². The highest BCUT2D eigenvalue weighted by Crippen LogP contribution is 2.28. The van der Waals surface area contributed by atoms with Crippen LogP contribution in [0.4, 0.5) is 0 Å². The van der Waals surface area contributed by atoms with Crippen molar-refractivity contribution >= 4 is 46.1 Å². The van der Waals surface area contributed by atoms with Crippen molar-refractivity contribution in [3.8, 4) is 10.6 Å². The topological polar surface area (TPSA) is 71.1 Å². The molecular weight excluding hydrogens is 366 g/mol. The Bertz CT molecular complexity index is 873. The van der Waals surface area contributed by atoms with E-state index in [9.17, 15) is 9.59 Å². The van der Waals surface area contributed by atoms with Crippen LogP contribution in [0.5, 0.6) is 0 Å². The summed E-state index contributed by atoms with van der Waals surface area (Å²) in [5, 5.41) is 3.16. The molecule has 0 atom stereocenters. The average molecular weight is 378 g/mol. The third kappa shape index (κ3) is 3.64. The largest absolute Gasteiger partial charge is 0.281 e. The number of carbonyl (C=O) groups excluding carboxylic acids is 2. The minimum atomic E-state index is -0.393.